The quantitative estimate of drug-likeness (QED) is 0.366. The molecule has 32 heavy (non-hydrogen) atoms. The van der Waals surface area contributed by atoms with Crippen LogP contribution in [0.2, 0.25) is 0 Å². The Bertz CT molecular complexity index is 1060. The highest BCUT2D eigenvalue weighted by atomic mass is 16.1. The summed E-state index contributed by atoms with van der Waals surface area (Å²) < 4.78 is 0. The van der Waals surface area contributed by atoms with Gasteiger partial charge in [-0.2, -0.15) is 0 Å². The molecule has 1 fully saturated rings. The standard InChI is InChI=1S/C28H32N2O2/c1-20(26-12-5-8-22-7-2-3-11-27(22)26)30-25-10-4-9-24(19-25)21-13-15-23(16-14-21)28(32)29-17-6-18-31/h2-3,5,7-8,11-16,18,20,24-25,30H,4,6,9-10,17,19H2,1H3,(H,29,32)/t20?,24-,25?/m0/s1. The molecule has 2 N–H and O–H groups in total. The largest absolute Gasteiger partial charge is 0.352 e. The van der Waals surface area contributed by atoms with Crippen molar-refractivity contribution >= 4 is 23.0 Å². The van der Waals surface area contributed by atoms with Crippen LogP contribution in [0.4, 0.5) is 0 Å². The lowest BCUT2D eigenvalue weighted by Gasteiger charge is -2.32. The molecule has 0 heterocycles. The summed E-state index contributed by atoms with van der Waals surface area (Å²) in [5.74, 6) is 0.388. The molecule has 0 radical (unpaired) electrons. The van der Waals surface area contributed by atoms with Crippen molar-refractivity contribution in [2.45, 2.75) is 57.0 Å². The molecule has 3 atom stereocenters. The number of hydrogen-bond donors (Lipinski definition) is 2. The molecule has 2 unspecified atom stereocenters. The van der Waals surface area contributed by atoms with Crippen LogP contribution in [0.25, 0.3) is 10.8 Å². The molecule has 166 valence electrons. The summed E-state index contributed by atoms with van der Waals surface area (Å²) in [7, 11) is 0. The highest BCUT2D eigenvalue weighted by molar-refractivity contribution is 5.94. The summed E-state index contributed by atoms with van der Waals surface area (Å²) in [5.41, 5.74) is 3.31. The van der Waals surface area contributed by atoms with Crippen LogP contribution in [0.5, 0.6) is 0 Å². The smallest absolute Gasteiger partial charge is 0.251 e. The van der Waals surface area contributed by atoms with Crippen molar-refractivity contribution in [1.29, 1.82) is 0 Å². The number of aldehydes is 1. The Kier molecular flexibility index (Phi) is 7.33. The topological polar surface area (TPSA) is 58.2 Å². The molecule has 0 saturated heterocycles. The third-order valence-corrected chi connectivity index (χ3v) is 6.64. The van der Waals surface area contributed by atoms with Crippen molar-refractivity contribution in [3.05, 3.63) is 83.4 Å². The average molecular weight is 429 g/mol. The van der Waals surface area contributed by atoms with Gasteiger partial charge in [0.2, 0.25) is 0 Å². The van der Waals surface area contributed by atoms with Crippen LogP contribution in [0, 0.1) is 0 Å². The highest BCUT2D eigenvalue weighted by Gasteiger charge is 2.25. The Morgan fingerprint density at radius 1 is 1.03 bits per heavy atom. The van der Waals surface area contributed by atoms with Gasteiger partial charge in [0, 0.05) is 30.6 Å². The van der Waals surface area contributed by atoms with E-state index >= 15 is 0 Å². The summed E-state index contributed by atoms with van der Waals surface area (Å²) in [6.07, 6.45) is 5.86. The van der Waals surface area contributed by atoms with Crippen LogP contribution in [-0.4, -0.2) is 24.8 Å². The zero-order valence-corrected chi connectivity index (χ0v) is 18.7. The van der Waals surface area contributed by atoms with Crippen LogP contribution in [-0.2, 0) is 4.79 Å². The molecule has 0 spiro atoms. The first kappa shape index (κ1) is 22.2. The molecule has 3 aromatic rings. The maximum Gasteiger partial charge on any atom is 0.251 e. The van der Waals surface area contributed by atoms with Crippen molar-refractivity contribution in [1.82, 2.24) is 10.6 Å². The Morgan fingerprint density at radius 3 is 2.62 bits per heavy atom. The normalized spacial score (nSPS) is 19.4. The summed E-state index contributed by atoms with van der Waals surface area (Å²) in [4.78, 5) is 22.6. The number of fused-ring (bicyclic) bond motifs is 1. The van der Waals surface area contributed by atoms with Crippen LogP contribution < -0.4 is 10.6 Å². The van der Waals surface area contributed by atoms with Crippen LogP contribution in [0.1, 0.15) is 72.5 Å². The molecule has 4 heteroatoms. The van der Waals surface area contributed by atoms with Gasteiger partial charge in [0.25, 0.3) is 5.91 Å². The van der Waals surface area contributed by atoms with E-state index in [0.29, 0.717) is 36.5 Å². The number of benzene rings is 3. The van der Waals surface area contributed by atoms with Gasteiger partial charge in [-0.3, -0.25) is 4.79 Å². The molecule has 0 bridgehead atoms. The summed E-state index contributed by atoms with van der Waals surface area (Å²) in [6.45, 7) is 2.65. The maximum absolute atomic E-state index is 12.2. The minimum absolute atomic E-state index is 0.120. The molecule has 3 aromatic carbocycles. The Balaban J connectivity index is 1.39. The molecule has 4 nitrogen and oxygen atoms in total. The minimum atomic E-state index is -0.120. The predicted octanol–water partition coefficient (Wildman–Crippen LogP) is 5.54. The molecule has 1 saturated carbocycles. The zero-order valence-electron chi connectivity index (χ0n) is 18.7. The second-order valence-corrected chi connectivity index (χ2v) is 8.85. The maximum atomic E-state index is 12.2. The molecule has 1 amide bonds. The van der Waals surface area contributed by atoms with E-state index in [2.05, 4.69) is 72.2 Å². The highest BCUT2D eigenvalue weighted by Crippen LogP contribution is 2.34. The van der Waals surface area contributed by atoms with Crippen molar-refractivity contribution in [2.24, 2.45) is 0 Å². The van der Waals surface area contributed by atoms with Crippen LogP contribution >= 0.6 is 0 Å². The zero-order chi connectivity index (χ0) is 22.3. The molecular weight excluding hydrogens is 396 g/mol. The van der Waals surface area contributed by atoms with E-state index in [1.165, 1.54) is 41.2 Å². The third-order valence-electron chi connectivity index (χ3n) is 6.64. The van der Waals surface area contributed by atoms with Gasteiger partial charge in [0.05, 0.1) is 0 Å². The van der Waals surface area contributed by atoms with Crippen LogP contribution in [0.3, 0.4) is 0 Å². The van der Waals surface area contributed by atoms with Gasteiger partial charge in [-0.1, -0.05) is 61.0 Å². The fourth-order valence-electron chi connectivity index (χ4n) is 4.97. The lowest BCUT2D eigenvalue weighted by molar-refractivity contribution is -0.107. The number of carbonyl (C=O) groups excluding carboxylic acids is 2. The van der Waals surface area contributed by atoms with Crippen molar-refractivity contribution in [2.75, 3.05) is 6.54 Å². The van der Waals surface area contributed by atoms with E-state index in [0.717, 1.165) is 12.7 Å². The fourth-order valence-corrected chi connectivity index (χ4v) is 4.97. The summed E-state index contributed by atoms with van der Waals surface area (Å²) in [6, 6.07) is 23.9. The monoisotopic (exact) mass is 428 g/mol. The van der Waals surface area contributed by atoms with E-state index in [1.807, 2.05) is 12.1 Å². The fraction of sp³-hybridized carbons (Fsp3) is 0.357. The number of hydrogen-bond acceptors (Lipinski definition) is 3. The second kappa shape index (κ2) is 10.6. The number of carbonyl (C=O) groups is 2. The van der Waals surface area contributed by atoms with Gasteiger partial charge in [0.1, 0.15) is 6.29 Å². The summed E-state index contributed by atoms with van der Waals surface area (Å²) in [5, 5.41) is 9.28. The van der Waals surface area contributed by atoms with Gasteiger partial charge >= 0.3 is 0 Å². The van der Waals surface area contributed by atoms with Gasteiger partial charge in [0.15, 0.2) is 0 Å². The number of rotatable bonds is 8. The van der Waals surface area contributed by atoms with Gasteiger partial charge in [-0.15, -0.1) is 0 Å². The lowest BCUT2D eigenvalue weighted by atomic mass is 9.80. The molecule has 4 rings (SSSR count). The lowest BCUT2D eigenvalue weighted by Crippen LogP contribution is -2.35. The van der Waals surface area contributed by atoms with E-state index in [9.17, 15) is 9.59 Å². The number of nitrogens with one attached hydrogen (secondary N) is 2. The van der Waals surface area contributed by atoms with Crippen LogP contribution in [0.15, 0.2) is 66.7 Å². The van der Waals surface area contributed by atoms with Crippen molar-refractivity contribution < 1.29 is 9.59 Å². The second-order valence-electron chi connectivity index (χ2n) is 8.85. The summed E-state index contributed by atoms with van der Waals surface area (Å²) >= 11 is 0. The van der Waals surface area contributed by atoms with E-state index in [1.54, 1.807) is 0 Å². The Labute approximate surface area is 190 Å². The predicted molar refractivity (Wildman–Crippen MR) is 130 cm³/mol. The molecule has 1 aliphatic carbocycles. The van der Waals surface area contributed by atoms with Gasteiger partial charge < -0.3 is 15.4 Å². The third kappa shape index (κ3) is 5.25. The first-order valence-electron chi connectivity index (χ1n) is 11.7. The molecule has 0 aromatic heterocycles. The minimum Gasteiger partial charge on any atom is -0.352 e. The molecule has 0 aliphatic heterocycles. The van der Waals surface area contributed by atoms with E-state index in [-0.39, 0.29) is 5.91 Å². The first-order chi connectivity index (χ1) is 15.7. The van der Waals surface area contributed by atoms with Gasteiger partial charge in [-0.25, -0.2) is 0 Å². The van der Waals surface area contributed by atoms with E-state index < -0.39 is 0 Å². The molecule has 1 aliphatic rings. The average Bonchev–Trinajstić information content (AvgIpc) is 2.84. The Hall–Kier alpha value is -2.98. The molecular formula is C28H32N2O2. The Morgan fingerprint density at radius 2 is 1.81 bits per heavy atom. The first-order valence-corrected chi connectivity index (χ1v) is 11.7. The van der Waals surface area contributed by atoms with Crippen molar-refractivity contribution in [3.63, 3.8) is 0 Å². The number of amides is 1. The SMILES string of the molecule is CC(NC1CCC[C@H](c2ccc(C(=O)NCCC=O)cc2)C1)c1cccc2ccccc12. The van der Waals surface area contributed by atoms with Gasteiger partial charge in [-0.05, 0) is 66.1 Å². The van der Waals surface area contributed by atoms with Crippen molar-refractivity contribution in [3.8, 4) is 0 Å². The van der Waals surface area contributed by atoms with E-state index in [4.69, 9.17) is 0 Å².